The Kier molecular flexibility index (Phi) is 5.25. The van der Waals surface area contributed by atoms with Gasteiger partial charge in [-0.2, -0.15) is 0 Å². The predicted molar refractivity (Wildman–Crippen MR) is 107 cm³/mol. The van der Waals surface area contributed by atoms with Crippen LogP contribution in [0.15, 0.2) is 29.2 Å². The van der Waals surface area contributed by atoms with Crippen LogP contribution in [0.1, 0.15) is 55.8 Å². The number of benzene rings is 1. The molecule has 28 heavy (non-hydrogen) atoms. The van der Waals surface area contributed by atoms with Crippen LogP contribution in [-0.4, -0.2) is 29.5 Å². The number of hydrogen-bond acceptors (Lipinski definition) is 5. The van der Waals surface area contributed by atoms with Crippen LogP contribution in [0.25, 0.3) is 0 Å². The normalized spacial score (nSPS) is 31.4. The van der Waals surface area contributed by atoms with Crippen molar-refractivity contribution in [3.05, 3.63) is 29.8 Å². The Morgan fingerprint density at radius 1 is 1.11 bits per heavy atom. The van der Waals surface area contributed by atoms with Gasteiger partial charge in [-0.05, 0) is 75.3 Å². The molecule has 5 rings (SSSR count). The molecule has 6 heteroatoms. The summed E-state index contributed by atoms with van der Waals surface area (Å²) in [6.45, 7) is 1.71. The van der Waals surface area contributed by atoms with E-state index >= 15 is 0 Å². The van der Waals surface area contributed by atoms with Crippen LogP contribution >= 0.6 is 11.8 Å². The van der Waals surface area contributed by atoms with Gasteiger partial charge in [-0.25, -0.2) is 4.79 Å². The average Bonchev–Trinajstić information content (AvgIpc) is 2.64. The lowest BCUT2D eigenvalue weighted by Crippen LogP contribution is -2.52. The number of thioether (sulfide) groups is 1. The second kappa shape index (κ2) is 7.54. The third kappa shape index (κ3) is 3.71. The molecule has 1 unspecified atom stereocenters. The fourth-order valence-electron chi connectivity index (χ4n) is 6.03. The molecule has 1 atom stereocenters. The molecule has 1 aromatic carbocycles. The van der Waals surface area contributed by atoms with Gasteiger partial charge < -0.3 is 10.5 Å². The van der Waals surface area contributed by atoms with Crippen molar-refractivity contribution in [3.63, 3.8) is 0 Å². The molecule has 4 aliphatic rings. The number of ether oxygens (including phenoxy) is 1. The summed E-state index contributed by atoms with van der Waals surface area (Å²) >= 11 is 1.21. The summed E-state index contributed by atoms with van der Waals surface area (Å²) in [5.41, 5.74) is 5.30. The van der Waals surface area contributed by atoms with Crippen molar-refractivity contribution in [1.29, 1.82) is 0 Å². The number of carbonyl (C=O) groups is 3. The van der Waals surface area contributed by atoms with Crippen LogP contribution in [0.5, 0.6) is 0 Å². The van der Waals surface area contributed by atoms with Crippen molar-refractivity contribution in [1.82, 2.24) is 0 Å². The topological polar surface area (TPSA) is 86.5 Å². The zero-order chi connectivity index (χ0) is 19.9. The van der Waals surface area contributed by atoms with Crippen LogP contribution < -0.4 is 5.73 Å². The minimum absolute atomic E-state index is 0.0893. The third-order valence-electron chi connectivity index (χ3n) is 6.69. The maximum Gasteiger partial charge on any atom is 0.339 e. The molecule has 0 aliphatic heterocycles. The summed E-state index contributed by atoms with van der Waals surface area (Å²) in [5, 5.41) is 0. The Labute approximate surface area is 169 Å². The van der Waals surface area contributed by atoms with Crippen molar-refractivity contribution in [2.24, 2.45) is 28.9 Å². The van der Waals surface area contributed by atoms with Crippen LogP contribution in [0.2, 0.25) is 0 Å². The lowest BCUT2D eigenvalue weighted by atomic mass is 9.48. The molecule has 2 N–H and O–H groups in total. The Balaban J connectivity index is 1.45. The number of amides is 1. The Morgan fingerprint density at radius 2 is 1.68 bits per heavy atom. The number of carbonyl (C=O) groups excluding carboxylic acids is 3. The third-order valence-corrected chi connectivity index (χ3v) is 7.79. The SMILES string of the molecule is CC(OC(=O)c1ccccc1SCC(N)=O)C(=O)C12CC3CC(CC(C3)C1)C2. The summed E-state index contributed by atoms with van der Waals surface area (Å²) in [6, 6.07) is 6.96. The molecule has 0 saturated heterocycles. The molecule has 150 valence electrons. The first kappa shape index (κ1) is 19.5. The van der Waals surface area contributed by atoms with Gasteiger partial charge in [-0.15, -0.1) is 11.8 Å². The van der Waals surface area contributed by atoms with E-state index in [9.17, 15) is 14.4 Å². The summed E-state index contributed by atoms with van der Waals surface area (Å²) in [4.78, 5) is 37.8. The van der Waals surface area contributed by atoms with Gasteiger partial charge in [-0.3, -0.25) is 9.59 Å². The highest BCUT2D eigenvalue weighted by molar-refractivity contribution is 8.00. The summed E-state index contributed by atoms with van der Waals surface area (Å²) in [5.74, 6) is 1.24. The van der Waals surface area contributed by atoms with Gasteiger partial charge >= 0.3 is 5.97 Å². The molecule has 0 heterocycles. The van der Waals surface area contributed by atoms with E-state index in [2.05, 4.69) is 0 Å². The maximum absolute atomic E-state index is 13.3. The van der Waals surface area contributed by atoms with Gasteiger partial charge in [0, 0.05) is 10.3 Å². The first-order valence-corrected chi connectivity index (χ1v) is 11.1. The zero-order valence-corrected chi connectivity index (χ0v) is 17.0. The second-order valence-electron chi connectivity index (χ2n) is 8.86. The largest absolute Gasteiger partial charge is 0.451 e. The molecule has 4 saturated carbocycles. The number of hydrogen-bond donors (Lipinski definition) is 1. The fourth-order valence-corrected chi connectivity index (χ4v) is 6.81. The summed E-state index contributed by atoms with van der Waals surface area (Å²) < 4.78 is 5.62. The average molecular weight is 402 g/mol. The van der Waals surface area contributed by atoms with Gasteiger partial charge in [0.2, 0.25) is 5.91 Å². The van der Waals surface area contributed by atoms with E-state index in [4.69, 9.17) is 10.5 Å². The molecule has 0 radical (unpaired) electrons. The molecule has 1 amide bonds. The number of ketones is 1. The highest BCUT2D eigenvalue weighted by Crippen LogP contribution is 2.60. The molecular formula is C22H27NO4S. The molecule has 5 nitrogen and oxygen atoms in total. The van der Waals surface area contributed by atoms with Crippen molar-refractivity contribution in [3.8, 4) is 0 Å². The quantitative estimate of drug-likeness (QED) is 0.557. The van der Waals surface area contributed by atoms with Crippen molar-refractivity contribution >= 4 is 29.4 Å². The van der Waals surface area contributed by atoms with Gasteiger partial charge in [0.1, 0.15) is 0 Å². The summed E-state index contributed by atoms with van der Waals surface area (Å²) in [6.07, 6.45) is 5.94. The van der Waals surface area contributed by atoms with E-state index in [-0.39, 0.29) is 17.0 Å². The first-order chi connectivity index (χ1) is 13.4. The summed E-state index contributed by atoms with van der Waals surface area (Å²) in [7, 11) is 0. The van der Waals surface area contributed by atoms with Crippen LogP contribution in [0, 0.1) is 23.2 Å². The molecule has 4 aliphatic carbocycles. The monoisotopic (exact) mass is 401 g/mol. The highest BCUT2D eigenvalue weighted by atomic mass is 32.2. The lowest BCUT2D eigenvalue weighted by Gasteiger charge is -2.56. The van der Waals surface area contributed by atoms with E-state index in [1.165, 1.54) is 31.0 Å². The number of rotatable bonds is 7. The maximum atomic E-state index is 13.3. The van der Waals surface area contributed by atoms with Crippen molar-refractivity contribution in [2.75, 3.05) is 5.75 Å². The Hall–Kier alpha value is -1.82. The van der Waals surface area contributed by atoms with E-state index in [1.54, 1.807) is 31.2 Å². The van der Waals surface area contributed by atoms with Crippen molar-refractivity contribution < 1.29 is 19.1 Å². The molecular weight excluding hydrogens is 374 g/mol. The molecule has 0 aromatic heterocycles. The first-order valence-electron chi connectivity index (χ1n) is 10.1. The van der Waals surface area contributed by atoms with Crippen LogP contribution in [0.3, 0.4) is 0 Å². The number of Topliss-reactive ketones (excluding diaryl/α,β-unsaturated/α-hetero) is 1. The fraction of sp³-hybridized carbons (Fsp3) is 0.591. The van der Waals surface area contributed by atoms with Crippen LogP contribution in [0.4, 0.5) is 0 Å². The Morgan fingerprint density at radius 3 is 2.25 bits per heavy atom. The Bertz CT molecular complexity index is 770. The van der Waals surface area contributed by atoms with E-state index in [1.807, 2.05) is 0 Å². The molecule has 4 fully saturated rings. The van der Waals surface area contributed by atoms with E-state index in [0.717, 1.165) is 19.3 Å². The number of primary amides is 1. The highest BCUT2D eigenvalue weighted by Gasteiger charge is 2.55. The van der Waals surface area contributed by atoms with Crippen LogP contribution in [-0.2, 0) is 14.3 Å². The number of nitrogens with two attached hydrogens (primary N) is 1. The lowest BCUT2D eigenvalue weighted by molar-refractivity contribution is -0.152. The molecule has 0 spiro atoms. The molecule has 4 bridgehead atoms. The standard InChI is InChI=1S/C22H27NO4S/c1-13(20(25)22-9-14-6-15(10-22)8-16(7-14)11-22)27-21(26)17-4-2-3-5-18(17)28-12-19(23)24/h2-5,13-16H,6-12H2,1H3,(H2,23,24). The number of esters is 1. The minimum Gasteiger partial charge on any atom is -0.451 e. The predicted octanol–water partition coefficient (Wildman–Crippen LogP) is 3.59. The second-order valence-corrected chi connectivity index (χ2v) is 9.88. The smallest absolute Gasteiger partial charge is 0.339 e. The van der Waals surface area contributed by atoms with Gasteiger partial charge in [0.15, 0.2) is 11.9 Å². The van der Waals surface area contributed by atoms with E-state index in [0.29, 0.717) is 28.2 Å². The minimum atomic E-state index is -0.752. The van der Waals surface area contributed by atoms with Crippen molar-refractivity contribution in [2.45, 2.75) is 56.4 Å². The van der Waals surface area contributed by atoms with Gasteiger partial charge in [0.25, 0.3) is 0 Å². The van der Waals surface area contributed by atoms with Gasteiger partial charge in [-0.1, -0.05) is 12.1 Å². The van der Waals surface area contributed by atoms with E-state index < -0.39 is 18.0 Å². The molecule has 1 aromatic rings. The zero-order valence-electron chi connectivity index (χ0n) is 16.2. The van der Waals surface area contributed by atoms with Gasteiger partial charge in [0.05, 0.1) is 11.3 Å².